The lowest BCUT2D eigenvalue weighted by Gasteiger charge is -2.19. The van der Waals surface area contributed by atoms with Crippen LogP contribution in [0.15, 0.2) is 53.9 Å². The van der Waals surface area contributed by atoms with Crippen LogP contribution in [-0.4, -0.2) is 29.0 Å². The fourth-order valence-electron chi connectivity index (χ4n) is 2.63. The van der Waals surface area contributed by atoms with E-state index < -0.39 is 0 Å². The minimum Gasteiger partial charge on any atom is -0.325 e. The zero-order valence-electron chi connectivity index (χ0n) is 14.7. The number of anilines is 1. The molecule has 6 heteroatoms. The number of rotatable bonds is 5. The van der Waals surface area contributed by atoms with Crippen LogP contribution >= 0.6 is 22.9 Å². The van der Waals surface area contributed by atoms with Crippen LogP contribution < -0.4 is 5.32 Å². The summed E-state index contributed by atoms with van der Waals surface area (Å²) in [6, 6.07) is 15.3. The smallest absolute Gasteiger partial charge is 0.321 e. The average Bonchev–Trinajstić information content (AvgIpc) is 3.13. The summed E-state index contributed by atoms with van der Waals surface area (Å²) in [5.41, 5.74) is 3.50. The van der Waals surface area contributed by atoms with Gasteiger partial charge in [-0.2, -0.15) is 0 Å². The molecule has 0 aliphatic rings. The third-order valence-electron chi connectivity index (χ3n) is 4.07. The van der Waals surface area contributed by atoms with Gasteiger partial charge in [-0.1, -0.05) is 41.9 Å². The molecule has 134 valence electrons. The van der Waals surface area contributed by atoms with E-state index in [1.165, 1.54) is 0 Å². The number of nitrogens with one attached hydrogen (secondary N) is 1. The molecule has 2 aromatic carbocycles. The molecule has 1 heterocycles. The molecule has 0 saturated carbocycles. The minimum absolute atomic E-state index is 0.0952. The molecule has 1 N–H and O–H groups in total. The van der Waals surface area contributed by atoms with E-state index in [-0.39, 0.29) is 6.03 Å². The number of amides is 2. The maximum Gasteiger partial charge on any atom is 0.321 e. The molecule has 0 bridgehead atoms. The number of nitrogens with zero attached hydrogens (tertiary/aromatic N) is 2. The zero-order chi connectivity index (χ0) is 18.5. The highest BCUT2D eigenvalue weighted by atomic mass is 35.5. The number of carbonyl (C=O) groups excluding carboxylic acids is 1. The van der Waals surface area contributed by atoms with E-state index in [0.29, 0.717) is 18.1 Å². The Hall–Kier alpha value is -2.37. The van der Waals surface area contributed by atoms with Crippen LogP contribution in [0, 0.1) is 0 Å². The predicted molar refractivity (Wildman–Crippen MR) is 110 cm³/mol. The highest BCUT2D eigenvalue weighted by molar-refractivity contribution is 7.13. The molecule has 4 nitrogen and oxygen atoms in total. The Labute approximate surface area is 162 Å². The summed E-state index contributed by atoms with van der Waals surface area (Å²) < 4.78 is 0. The molecule has 2 amide bonds. The monoisotopic (exact) mass is 385 g/mol. The van der Waals surface area contributed by atoms with Crippen molar-refractivity contribution >= 4 is 34.7 Å². The second kappa shape index (κ2) is 8.34. The van der Waals surface area contributed by atoms with Gasteiger partial charge in [0.2, 0.25) is 0 Å². The lowest BCUT2D eigenvalue weighted by atomic mass is 10.1. The molecule has 0 saturated heterocycles. The first-order valence-electron chi connectivity index (χ1n) is 8.49. The number of benzene rings is 2. The Morgan fingerprint density at radius 3 is 2.65 bits per heavy atom. The maximum absolute atomic E-state index is 12.2. The van der Waals surface area contributed by atoms with Gasteiger partial charge < -0.3 is 10.2 Å². The summed E-state index contributed by atoms with van der Waals surface area (Å²) in [6.45, 7) is 5.28. The molecule has 0 fully saturated rings. The minimum atomic E-state index is -0.0952. The first-order valence-corrected chi connectivity index (χ1v) is 9.75. The van der Waals surface area contributed by atoms with Gasteiger partial charge in [-0.15, -0.1) is 11.3 Å². The van der Waals surface area contributed by atoms with Crippen LogP contribution in [0.2, 0.25) is 5.02 Å². The van der Waals surface area contributed by atoms with Crippen molar-refractivity contribution in [2.45, 2.75) is 13.8 Å². The highest BCUT2D eigenvalue weighted by Gasteiger charge is 2.12. The van der Waals surface area contributed by atoms with Gasteiger partial charge in [-0.05, 0) is 32.0 Å². The Morgan fingerprint density at radius 1 is 1.15 bits per heavy atom. The summed E-state index contributed by atoms with van der Waals surface area (Å²) in [5, 5.41) is 6.51. The van der Waals surface area contributed by atoms with Crippen LogP contribution in [0.1, 0.15) is 13.8 Å². The molecular formula is C20H20ClN3OS. The van der Waals surface area contributed by atoms with Crippen LogP contribution in [-0.2, 0) is 0 Å². The summed E-state index contributed by atoms with van der Waals surface area (Å²) in [4.78, 5) is 18.7. The maximum atomic E-state index is 12.2. The molecule has 0 radical (unpaired) electrons. The fourth-order valence-corrected chi connectivity index (χ4v) is 3.78. The molecule has 1 aromatic heterocycles. The molecule has 0 aliphatic carbocycles. The van der Waals surface area contributed by atoms with Crippen LogP contribution in [0.4, 0.5) is 10.5 Å². The van der Waals surface area contributed by atoms with Crippen LogP contribution in [0.25, 0.3) is 21.8 Å². The Kier molecular flexibility index (Phi) is 5.91. The number of halogens is 1. The Morgan fingerprint density at radius 2 is 1.92 bits per heavy atom. The van der Waals surface area contributed by atoms with E-state index in [2.05, 4.69) is 5.32 Å². The second-order valence-corrected chi connectivity index (χ2v) is 6.97. The van der Waals surface area contributed by atoms with E-state index in [9.17, 15) is 4.79 Å². The van der Waals surface area contributed by atoms with Crippen molar-refractivity contribution in [3.05, 3.63) is 58.9 Å². The summed E-state index contributed by atoms with van der Waals surface area (Å²) in [5.74, 6) is 0. The van der Waals surface area contributed by atoms with Gasteiger partial charge in [0.1, 0.15) is 5.01 Å². The highest BCUT2D eigenvalue weighted by Crippen LogP contribution is 2.33. The third kappa shape index (κ3) is 4.06. The number of carbonyl (C=O) groups is 1. The molecule has 26 heavy (non-hydrogen) atoms. The van der Waals surface area contributed by atoms with Crippen molar-refractivity contribution < 1.29 is 4.79 Å². The van der Waals surface area contributed by atoms with Crippen LogP contribution in [0.3, 0.4) is 0 Å². The Balaban J connectivity index is 1.83. The van der Waals surface area contributed by atoms with Crippen molar-refractivity contribution in [3.8, 4) is 21.8 Å². The molecular weight excluding hydrogens is 366 g/mol. The lowest BCUT2D eigenvalue weighted by Crippen LogP contribution is -2.34. The number of thiazole rings is 1. The number of urea groups is 1. The van der Waals surface area contributed by atoms with Gasteiger partial charge in [0.25, 0.3) is 0 Å². The van der Waals surface area contributed by atoms with E-state index in [1.807, 2.05) is 67.8 Å². The van der Waals surface area contributed by atoms with E-state index in [1.54, 1.807) is 16.2 Å². The molecule has 0 unspecified atom stereocenters. The van der Waals surface area contributed by atoms with Crippen molar-refractivity contribution in [2.75, 3.05) is 18.4 Å². The number of aromatic nitrogens is 1. The van der Waals surface area contributed by atoms with Crippen LogP contribution in [0.5, 0.6) is 0 Å². The first-order chi connectivity index (χ1) is 12.6. The van der Waals surface area contributed by atoms with E-state index >= 15 is 0 Å². The summed E-state index contributed by atoms with van der Waals surface area (Å²) in [7, 11) is 0. The number of hydrogen-bond acceptors (Lipinski definition) is 3. The van der Waals surface area contributed by atoms with Gasteiger partial charge >= 0.3 is 6.03 Å². The second-order valence-electron chi connectivity index (χ2n) is 5.70. The van der Waals surface area contributed by atoms with Crippen molar-refractivity contribution in [1.82, 2.24) is 9.88 Å². The average molecular weight is 386 g/mol. The van der Waals surface area contributed by atoms with Gasteiger partial charge in [0, 0.05) is 35.3 Å². The van der Waals surface area contributed by atoms with Gasteiger partial charge in [-0.3, -0.25) is 0 Å². The molecule has 3 aromatic rings. The standard InChI is InChI=1S/C20H20ClN3OS/c1-3-24(4-2)20(25)22-15-9-7-8-14(12-15)18-13-26-19(23-18)16-10-5-6-11-17(16)21/h5-13H,3-4H2,1-2H3,(H,22,25). The molecule has 0 spiro atoms. The van der Waals surface area contributed by atoms with Gasteiger partial charge in [0.15, 0.2) is 0 Å². The first kappa shape index (κ1) is 18.4. The zero-order valence-corrected chi connectivity index (χ0v) is 16.3. The van der Waals surface area contributed by atoms with Crippen molar-refractivity contribution in [3.63, 3.8) is 0 Å². The van der Waals surface area contributed by atoms with Crippen molar-refractivity contribution in [2.24, 2.45) is 0 Å². The predicted octanol–water partition coefficient (Wildman–Crippen LogP) is 6.00. The summed E-state index contributed by atoms with van der Waals surface area (Å²) in [6.07, 6.45) is 0. The summed E-state index contributed by atoms with van der Waals surface area (Å²) >= 11 is 7.82. The number of hydrogen-bond donors (Lipinski definition) is 1. The SMILES string of the molecule is CCN(CC)C(=O)Nc1cccc(-c2csc(-c3ccccc3Cl)n2)c1. The topological polar surface area (TPSA) is 45.2 Å². The molecule has 0 aliphatic heterocycles. The fraction of sp³-hybridized carbons (Fsp3) is 0.200. The lowest BCUT2D eigenvalue weighted by molar-refractivity contribution is 0.217. The van der Waals surface area contributed by atoms with E-state index in [0.717, 1.165) is 27.5 Å². The third-order valence-corrected chi connectivity index (χ3v) is 5.27. The van der Waals surface area contributed by atoms with Gasteiger partial charge in [0.05, 0.1) is 10.7 Å². The molecule has 0 atom stereocenters. The normalized spacial score (nSPS) is 10.6. The van der Waals surface area contributed by atoms with E-state index in [4.69, 9.17) is 16.6 Å². The van der Waals surface area contributed by atoms with Crippen molar-refractivity contribution in [1.29, 1.82) is 0 Å². The molecule has 3 rings (SSSR count). The largest absolute Gasteiger partial charge is 0.325 e. The Bertz CT molecular complexity index is 905. The van der Waals surface area contributed by atoms with Gasteiger partial charge in [-0.25, -0.2) is 9.78 Å². The quantitative estimate of drug-likeness (QED) is 0.585.